The van der Waals surface area contributed by atoms with Crippen molar-refractivity contribution in [2.75, 3.05) is 32.0 Å². The van der Waals surface area contributed by atoms with Crippen LogP contribution in [0.3, 0.4) is 0 Å². The van der Waals surface area contributed by atoms with Gasteiger partial charge in [0, 0.05) is 23.5 Å². The lowest BCUT2D eigenvalue weighted by Crippen LogP contribution is -2.21. The number of ether oxygens (including phenoxy) is 3. The third kappa shape index (κ3) is 5.13. The Morgan fingerprint density at radius 2 is 1.44 bits per heavy atom. The zero-order valence-corrected chi connectivity index (χ0v) is 16.1. The summed E-state index contributed by atoms with van der Waals surface area (Å²) in [5, 5.41) is 5.43. The highest BCUT2D eigenvalue weighted by atomic mass is 16.5. The summed E-state index contributed by atoms with van der Waals surface area (Å²) in [6, 6.07) is 8.94. The number of carbonyl (C=O) groups is 2. The molecule has 0 atom stereocenters. The molecule has 0 radical (unpaired) electrons. The van der Waals surface area contributed by atoms with Gasteiger partial charge in [0.25, 0.3) is 0 Å². The van der Waals surface area contributed by atoms with Gasteiger partial charge in [-0.25, -0.2) is 0 Å². The van der Waals surface area contributed by atoms with Crippen LogP contribution in [-0.2, 0) is 9.59 Å². The molecular weight excluding hydrogens is 348 g/mol. The third-order valence-electron chi connectivity index (χ3n) is 3.94. The van der Waals surface area contributed by atoms with Crippen LogP contribution in [0.4, 0.5) is 11.4 Å². The van der Waals surface area contributed by atoms with Gasteiger partial charge in [0.2, 0.25) is 17.6 Å². The fourth-order valence-electron chi connectivity index (χ4n) is 2.57. The van der Waals surface area contributed by atoms with Crippen molar-refractivity contribution in [3.05, 3.63) is 41.5 Å². The number of rotatable bonds is 7. The van der Waals surface area contributed by atoms with E-state index < -0.39 is 11.8 Å². The molecule has 2 N–H and O–H groups in total. The van der Waals surface area contributed by atoms with Crippen molar-refractivity contribution in [2.24, 2.45) is 0 Å². The van der Waals surface area contributed by atoms with E-state index >= 15 is 0 Å². The van der Waals surface area contributed by atoms with Gasteiger partial charge in [-0.1, -0.05) is 12.1 Å². The Labute approximate surface area is 158 Å². The molecule has 27 heavy (non-hydrogen) atoms. The average molecular weight is 372 g/mol. The molecule has 0 aliphatic heterocycles. The average Bonchev–Trinajstić information content (AvgIpc) is 2.63. The number of amides is 2. The Balaban J connectivity index is 2.06. The minimum absolute atomic E-state index is 0.315. The molecule has 0 aromatic heterocycles. The summed E-state index contributed by atoms with van der Waals surface area (Å²) in [7, 11) is 4.47. The maximum atomic E-state index is 12.2. The molecule has 7 heteroatoms. The van der Waals surface area contributed by atoms with Crippen LogP contribution in [0.25, 0.3) is 0 Å². The Morgan fingerprint density at radius 1 is 0.852 bits per heavy atom. The van der Waals surface area contributed by atoms with Gasteiger partial charge in [-0.2, -0.15) is 0 Å². The lowest BCUT2D eigenvalue weighted by atomic mass is 10.1. The molecule has 0 unspecified atom stereocenters. The van der Waals surface area contributed by atoms with Crippen LogP contribution in [0.15, 0.2) is 30.3 Å². The minimum Gasteiger partial charge on any atom is -0.493 e. The van der Waals surface area contributed by atoms with E-state index in [0.29, 0.717) is 28.6 Å². The van der Waals surface area contributed by atoms with E-state index in [0.717, 1.165) is 11.1 Å². The van der Waals surface area contributed by atoms with E-state index in [-0.39, 0.29) is 6.42 Å². The summed E-state index contributed by atoms with van der Waals surface area (Å²) in [5.41, 5.74) is 3.09. The van der Waals surface area contributed by atoms with E-state index in [4.69, 9.17) is 14.2 Å². The molecule has 144 valence electrons. The number of anilines is 2. The van der Waals surface area contributed by atoms with Crippen LogP contribution in [0, 0.1) is 13.8 Å². The molecule has 2 amide bonds. The molecule has 0 spiro atoms. The molecule has 2 rings (SSSR count). The summed E-state index contributed by atoms with van der Waals surface area (Å²) in [4.78, 5) is 24.4. The Hall–Kier alpha value is -3.22. The van der Waals surface area contributed by atoms with Crippen LogP contribution < -0.4 is 24.8 Å². The Bertz CT molecular complexity index is 823. The number of methoxy groups -OCH3 is 3. The minimum atomic E-state index is -0.452. The van der Waals surface area contributed by atoms with E-state index in [2.05, 4.69) is 10.6 Å². The molecule has 0 saturated carbocycles. The third-order valence-corrected chi connectivity index (χ3v) is 3.94. The van der Waals surface area contributed by atoms with Crippen molar-refractivity contribution in [1.82, 2.24) is 0 Å². The van der Waals surface area contributed by atoms with Crippen LogP contribution in [0.2, 0.25) is 0 Å². The molecule has 0 fully saturated rings. The summed E-state index contributed by atoms with van der Waals surface area (Å²) in [6.07, 6.45) is -0.315. The predicted octanol–water partition coefficient (Wildman–Crippen LogP) is 3.30. The first-order chi connectivity index (χ1) is 12.9. The topological polar surface area (TPSA) is 85.9 Å². The van der Waals surface area contributed by atoms with Gasteiger partial charge in [-0.05, 0) is 31.0 Å². The van der Waals surface area contributed by atoms with Crippen molar-refractivity contribution in [2.45, 2.75) is 20.3 Å². The fraction of sp³-hybridized carbons (Fsp3) is 0.300. The number of nitrogens with one attached hydrogen (secondary N) is 2. The highest BCUT2D eigenvalue weighted by molar-refractivity contribution is 6.08. The fourth-order valence-corrected chi connectivity index (χ4v) is 2.57. The van der Waals surface area contributed by atoms with Gasteiger partial charge in [-0.3, -0.25) is 9.59 Å². The van der Waals surface area contributed by atoms with Crippen LogP contribution in [0.1, 0.15) is 17.5 Å². The zero-order valence-electron chi connectivity index (χ0n) is 16.1. The number of aryl methyl sites for hydroxylation is 2. The van der Waals surface area contributed by atoms with Gasteiger partial charge in [-0.15, -0.1) is 0 Å². The quantitative estimate of drug-likeness (QED) is 0.729. The lowest BCUT2D eigenvalue weighted by Gasteiger charge is -2.14. The Kier molecular flexibility index (Phi) is 6.65. The van der Waals surface area contributed by atoms with Gasteiger partial charge < -0.3 is 24.8 Å². The van der Waals surface area contributed by atoms with Crippen molar-refractivity contribution < 1.29 is 23.8 Å². The van der Waals surface area contributed by atoms with Crippen LogP contribution in [0.5, 0.6) is 17.2 Å². The normalized spacial score (nSPS) is 10.1. The van der Waals surface area contributed by atoms with E-state index in [1.54, 1.807) is 12.1 Å². The van der Waals surface area contributed by atoms with Gasteiger partial charge in [0.05, 0.1) is 21.3 Å². The first kappa shape index (κ1) is 20.1. The number of hydrogen-bond acceptors (Lipinski definition) is 5. The first-order valence-corrected chi connectivity index (χ1v) is 8.35. The van der Waals surface area contributed by atoms with E-state index in [1.165, 1.54) is 21.3 Å². The van der Waals surface area contributed by atoms with Crippen molar-refractivity contribution >= 4 is 23.2 Å². The van der Waals surface area contributed by atoms with E-state index in [9.17, 15) is 9.59 Å². The second kappa shape index (κ2) is 8.93. The molecule has 0 aliphatic carbocycles. The summed E-state index contributed by atoms with van der Waals surface area (Å²) < 4.78 is 15.7. The number of benzene rings is 2. The lowest BCUT2D eigenvalue weighted by molar-refractivity contribution is -0.123. The highest BCUT2D eigenvalue weighted by Gasteiger charge is 2.16. The molecule has 0 bridgehead atoms. The maximum absolute atomic E-state index is 12.2. The van der Waals surface area contributed by atoms with Crippen molar-refractivity contribution in [3.63, 3.8) is 0 Å². The van der Waals surface area contributed by atoms with Gasteiger partial charge >= 0.3 is 0 Å². The molecule has 0 saturated heterocycles. The first-order valence-electron chi connectivity index (χ1n) is 8.35. The number of carbonyl (C=O) groups excluding carboxylic acids is 2. The molecular formula is C20H24N2O5. The zero-order chi connectivity index (χ0) is 20.0. The van der Waals surface area contributed by atoms with Gasteiger partial charge in [0.1, 0.15) is 6.42 Å². The van der Waals surface area contributed by atoms with Crippen molar-refractivity contribution in [1.29, 1.82) is 0 Å². The summed E-state index contributed by atoms with van der Waals surface area (Å²) in [5.74, 6) is 0.394. The molecule has 2 aromatic rings. The Morgan fingerprint density at radius 3 is 2.00 bits per heavy atom. The summed E-state index contributed by atoms with van der Waals surface area (Å²) >= 11 is 0. The van der Waals surface area contributed by atoms with E-state index in [1.807, 2.05) is 32.0 Å². The largest absolute Gasteiger partial charge is 0.493 e. The maximum Gasteiger partial charge on any atom is 0.233 e. The molecule has 0 heterocycles. The van der Waals surface area contributed by atoms with Gasteiger partial charge in [0.15, 0.2) is 11.5 Å². The molecule has 7 nitrogen and oxygen atoms in total. The monoisotopic (exact) mass is 372 g/mol. The predicted molar refractivity (Wildman–Crippen MR) is 104 cm³/mol. The smallest absolute Gasteiger partial charge is 0.233 e. The van der Waals surface area contributed by atoms with Crippen molar-refractivity contribution in [3.8, 4) is 17.2 Å². The highest BCUT2D eigenvalue weighted by Crippen LogP contribution is 2.39. The second-order valence-corrected chi connectivity index (χ2v) is 6.01. The molecule has 0 aliphatic rings. The molecule has 2 aromatic carbocycles. The summed E-state index contributed by atoms with van der Waals surface area (Å²) in [6.45, 7) is 3.83. The number of hydrogen-bond donors (Lipinski definition) is 2. The van der Waals surface area contributed by atoms with Crippen LogP contribution in [-0.4, -0.2) is 33.1 Å². The standard InChI is InChI=1S/C20H24N2O5/c1-12-6-7-13(2)15(8-12)22-19(24)11-18(23)21-14-9-16(25-3)20(27-5)17(10-14)26-4/h6-10H,11H2,1-5H3,(H,21,23)(H,22,24). The van der Waals surface area contributed by atoms with Crippen LogP contribution >= 0.6 is 0 Å². The SMILES string of the molecule is COc1cc(NC(=O)CC(=O)Nc2cc(C)ccc2C)cc(OC)c1OC. The second-order valence-electron chi connectivity index (χ2n) is 6.01.